The second-order valence-corrected chi connectivity index (χ2v) is 7.87. The zero-order valence-electron chi connectivity index (χ0n) is 17.4. The summed E-state index contributed by atoms with van der Waals surface area (Å²) in [5, 5.41) is 0. The molecule has 1 aromatic carbocycles. The topological polar surface area (TPSA) is 70.0 Å². The summed E-state index contributed by atoms with van der Waals surface area (Å²) in [6.07, 6.45) is 4.48. The molecule has 3 heterocycles. The van der Waals surface area contributed by atoms with Crippen molar-refractivity contribution < 1.29 is 19.0 Å². The standard InChI is InChI=1S/C24H28N2O4/c1-28-16-19(17-5-3-2-4-6-17)12-21(27)13-20-11-18-14-26-24(23(18)15-25-20)30-22-7-9-29-10-8-22/h2-6,11,15,19,22H,7-10,12-14,16H2,1H3/t19-/m1/s1. The minimum absolute atomic E-state index is 0.0564. The Labute approximate surface area is 177 Å². The van der Waals surface area contributed by atoms with Gasteiger partial charge in [-0.25, -0.2) is 4.99 Å². The van der Waals surface area contributed by atoms with Crippen LogP contribution in [0.25, 0.3) is 0 Å². The molecule has 0 amide bonds. The summed E-state index contributed by atoms with van der Waals surface area (Å²) in [6, 6.07) is 12.0. The van der Waals surface area contributed by atoms with Gasteiger partial charge in [-0.3, -0.25) is 9.78 Å². The monoisotopic (exact) mass is 408 g/mol. The number of aromatic nitrogens is 1. The van der Waals surface area contributed by atoms with Gasteiger partial charge in [0.15, 0.2) is 0 Å². The van der Waals surface area contributed by atoms with Gasteiger partial charge < -0.3 is 14.2 Å². The Morgan fingerprint density at radius 2 is 2.03 bits per heavy atom. The number of methoxy groups -OCH3 is 1. The predicted molar refractivity (Wildman–Crippen MR) is 114 cm³/mol. The molecule has 0 radical (unpaired) electrons. The van der Waals surface area contributed by atoms with E-state index in [4.69, 9.17) is 14.2 Å². The molecule has 0 unspecified atom stereocenters. The van der Waals surface area contributed by atoms with E-state index in [0.717, 1.165) is 48.4 Å². The Bertz CT molecular complexity index is 891. The van der Waals surface area contributed by atoms with Gasteiger partial charge in [0.25, 0.3) is 0 Å². The third-order valence-electron chi connectivity index (χ3n) is 5.61. The van der Waals surface area contributed by atoms with Crippen LogP contribution in [0.1, 0.15) is 47.6 Å². The molecule has 1 aromatic heterocycles. The maximum absolute atomic E-state index is 12.7. The van der Waals surface area contributed by atoms with Gasteiger partial charge >= 0.3 is 0 Å². The van der Waals surface area contributed by atoms with Gasteiger partial charge in [0.2, 0.25) is 5.90 Å². The lowest BCUT2D eigenvalue weighted by Gasteiger charge is -2.23. The molecule has 1 atom stereocenters. The maximum Gasteiger partial charge on any atom is 0.218 e. The van der Waals surface area contributed by atoms with Gasteiger partial charge in [-0.2, -0.15) is 0 Å². The Hall–Kier alpha value is -2.57. The van der Waals surface area contributed by atoms with Crippen molar-refractivity contribution in [2.45, 2.75) is 44.2 Å². The molecule has 158 valence electrons. The first-order valence-electron chi connectivity index (χ1n) is 10.6. The normalized spacial score (nSPS) is 17.3. The molecule has 6 nitrogen and oxygen atoms in total. The molecular formula is C24H28N2O4. The number of rotatable bonds is 8. The van der Waals surface area contributed by atoms with Crippen molar-refractivity contribution in [1.29, 1.82) is 0 Å². The summed E-state index contributed by atoms with van der Waals surface area (Å²) in [6.45, 7) is 2.57. The second kappa shape index (κ2) is 9.96. The zero-order valence-corrected chi connectivity index (χ0v) is 17.4. The van der Waals surface area contributed by atoms with Crippen molar-refractivity contribution in [2.24, 2.45) is 4.99 Å². The maximum atomic E-state index is 12.7. The van der Waals surface area contributed by atoms with E-state index in [2.05, 4.69) is 9.98 Å². The quantitative estimate of drug-likeness (QED) is 0.669. The highest BCUT2D eigenvalue weighted by atomic mass is 16.5. The number of hydrogen-bond donors (Lipinski definition) is 0. The van der Waals surface area contributed by atoms with E-state index in [9.17, 15) is 4.79 Å². The molecule has 30 heavy (non-hydrogen) atoms. The van der Waals surface area contributed by atoms with Crippen LogP contribution in [0.4, 0.5) is 0 Å². The lowest BCUT2D eigenvalue weighted by atomic mass is 9.93. The van der Waals surface area contributed by atoms with E-state index < -0.39 is 0 Å². The zero-order chi connectivity index (χ0) is 20.8. The van der Waals surface area contributed by atoms with Crippen LogP contribution in [0.3, 0.4) is 0 Å². The first-order chi connectivity index (χ1) is 14.7. The van der Waals surface area contributed by atoms with Crippen LogP contribution in [-0.2, 0) is 32.0 Å². The Balaban J connectivity index is 1.37. The molecule has 6 heteroatoms. The number of benzene rings is 1. The van der Waals surface area contributed by atoms with E-state index in [1.54, 1.807) is 13.3 Å². The van der Waals surface area contributed by atoms with Crippen molar-refractivity contribution in [1.82, 2.24) is 4.98 Å². The molecule has 0 N–H and O–H groups in total. The van der Waals surface area contributed by atoms with Gasteiger partial charge in [-0.1, -0.05) is 30.3 Å². The summed E-state index contributed by atoms with van der Waals surface area (Å²) >= 11 is 0. The molecule has 0 bridgehead atoms. The average molecular weight is 408 g/mol. The smallest absolute Gasteiger partial charge is 0.218 e. The van der Waals surface area contributed by atoms with Crippen LogP contribution in [0.2, 0.25) is 0 Å². The summed E-state index contributed by atoms with van der Waals surface area (Å²) in [7, 11) is 1.67. The predicted octanol–water partition coefficient (Wildman–Crippen LogP) is 3.47. The average Bonchev–Trinajstić information content (AvgIpc) is 3.16. The van der Waals surface area contributed by atoms with Crippen LogP contribution >= 0.6 is 0 Å². The number of carbonyl (C=O) groups is 1. The van der Waals surface area contributed by atoms with E-state index in [1.807, 2.05) is 36.4 Å². The van der Waals surface area contributed by atoms with Crippen molar-refractivity contribution in [3.8, 4) is 0 Å². The van der Waals surface area contributed by atoms with Crippen molar-refractivity contribution in [2.75, 3.05) is 26.9 Å². The van der Waals surface area contributed by atoms with Crippen molar-refractivity contribution in [3.05, 3.63) is 65.0 Å². The molecular weight excluding hydrogens is 380 g/mol. The molecule has 0 spiro atoms. The first-order valence-corrected chi connectivity index (χ1v) is 10.6. The summed E-state index contributed by atoms with van der Waals surface area (Å²) in [5.41, 5.74) is 3.93. The number of fused-ring (bicyclic) bond motifs is 1. The number of carbonyl (C=O) groups excluding carboxylic acids is 1. The highest BCUT2D eigenvalue weighted by Crippen LogP contribution is 2.24. The van der Waals surface area contributed by atoms with Crippen LogP contribution in [0, 0.1) is 0 Å². The second-order valence-electron chi connectivity index (χ2n) is 7.87. The minimum Gasteiger partial charge on any atom is -0.474 e. The fraction of sp³-hybridized carbons (Fsp3) is 0.458. The minimum atomic E-state index is 0.0564. The Morgan fingerprint density at radius 1 is 1.23 bits per heavy atom. The summed E-state index contributed by atoms with van der Waals surface area (Å²) in [5.74, 6) is 0.887. The molecule has 4 rings (SSSR count). The fourth-order valence-electron chi connectivity index (χ4n) is 4.01. The molecule has 0 saturated carbocycles. The van der Waals surface area contributed by atoms with Crippen molar-refractivity contribution in [3.63, 3.8) is 0 Å². The van der Waals surface area contributed by atoms with Gasteiger partial charge in [-0.15, -0.1) is 0 Å². The lowest BCUT2D eigenvalue weighted by molar-refractivity contribution is -0.119. The fourth-order valence-corrected chi connectivity index (χ4v) is 4.01. The van der Waals surface area contributed by atoms with Gasteiger partial charge in [0.05, 0.1) is 31.9 Å². The third-order valence-corrected chi connectivity index (χ3v) is 5.61. The number of ketones is 1. The van der Waals surface area contributed by atoms with Crippen molar-refractivity contribution >= 4 is 11.7 Å². The van der Waals surface area contributed by atoms with Crippen LogP contribution in [-0.4, -0.2) is 49.7 Å². The molecule has 1 fully saturated rings. The number of ether oxygens (including phenoxy) is 3. The molecule has 2 aliphatic heterocycles. The van der Waals surface area contributed by atoms with Gasteiger partial charge in [0, 0.05) is 50.6 Å². The molecule has 2 aromatic rings. The number of nitrogens with zero attached hydrogens (tertiary/aromatic N) is 2. The van der Waals surface area contributed by atoms with Crippen LogP contribution in [0.5, 0.6) is 0 Å². The number of pyridine rings is 1. The largest absolute Gasteiger partial charge is 0.474 e. The highest BCUT2D eigenvalue weighted by molar-refractivity contribution is 5.97. The molecule has 2 aliphatic rings. The van der Waals surface area contributed by atoms with Gasteiger partial charge in [0.1, 0.15) is 11.9 Å². The lowest BCUT2D eigenvalue weighted by Crippen LogP contribution is -2.26. The van der Waals surface area contributed by atoms with Gasteiger partial charge in [-0.05, 0) is 17.2 Å². The van der Waals surface area contributed by atoms with E-state index in [1.165, 1.54) is 0 Å². The number of aliphatic imine (C=N–C) groups is 1. The number of Topliss-reactive ketones (excluding diaryl/α,β-unsaturated/α-hetero) is 1. The Kier molecular flexibility index (Phi) is 6.87. The Morgan fingerprint density at radius 3 is 2.80 bits per heavy atom. The van der Waals surface area contributed by atoms with Crippen LogP contribution < -0.4 is 0 Å². The highest BCUT2D eigenvalue weighted by Gasteiger charge is 2.24. The summed E-state index contributed by atoms with van der Waals surface area (Å²) < 4.78 is 16.8. The molecule has 0 aliphatic carbocycles. The third kappa shape index (κ3) is 5.12. The van der Waals surface area contributed by atoms with E-state index in [-0.39, 0.29) is 17.8 Å². The molecule has 1 saturated heterocycles. The van der Waals surface area contributed by atoms with E-state index >= 15 is 0 Å². The van der Waals surface area contributed by atoms with E-state index in [0.29, 0.717) is 31.9 Å². The van der Waals surface area contributed by atoms with Crippen LogP contribution in [0.15, 0.2) is 47.6 Å². The summed E-state index contributed by atoms with van der Waals surface area (Å²) in [4.78, 5) is 21.8. The number of hydrogen-bond acceptors (Lipinski definition) is 6. The first kappa shape index (κ1) is 20.7. The SMILES string of the molecule is COC[C@@H](CC(=O)Cc1cc2c(cn1)C(OC1CCOCC1)=NC2)c1ccccc1.